The fourth-order valence-corrected chi connectivity index (χ4v) is 4.09. The Morgan fingerprint density at radius 2 is 1.62 bits per heavy atom. The number of ether oxygens (including phenoxy) is 2. The summed E-state index contributed by atoms with van der Waals surface area (Å²) in [5.74, 6) is -1.73. The van der Waals surface area contributed by atoms with Crippen LogP contribution < -0.4 is 10.6 Å². The van der Waals surface area contributed by atoms with Gasteiger partial charge in [-0.3, -0.25) is 14.4 Å². The number of phenols is 1. The number of phenolic OH excluding ortho intramolecular Hbond substituents is 1. The maximum absolute atomic E-state index is 14.2. The quantitative estimate of drug-likeness (QED) is 0.319. The van der Waals surface area contributed by atoms with E-state index in [1.165, 1.54) is 11.0 Å². The van der Waals surface area contributed by atoms with Crippen molar-refractivity contribution in [2.75, 3.05) is 19.7 Å². The molecule has 0 saturated carbocycles. The Morgan fingerprint density at radius 1 is 0.975 bits per heavy atom. The first-order valence-corrected chi connectivity index (χ1v) is 13.5. The van der Waals surface area contributed by atoms with Gasteiger partial charge in [-0.2, -0.15) is 0 Å². The van der Waals surface area contributed by atoms with E-state index in [0.29, 0.717) is 6.42 Å². The number of rotatable bonds is 13. The summed E-state index contributed by atoms with van der Waals surface area (Å²) in [5, 5.41) is 16.1. The molecule has 0 aliphatic rings. The van der Waals surface area contributed by atoms with Crippen LogP contribution in [0, 0.1) is 0 Å². The molecule has 3 amide bonds. The number of aromatic hydroxyl groups is 1. The van der Waals surface area contributed by atoms with E-state index in [9.17, 15) is 24.3 Å². The number of nitrogens with zero attached hydrogens (tertiary/aromatic N) is 1. The zero-order valence-electron chi connectivity index (χ0n) is 23.9. The van der Waals surface area contributed by atoms with Crippen molar-refractivity contribution in [1.82, 2.24) is 15.5 Å². The average Bonchev–Trinajstić information content (AvgIpc) is 2.88. The van der Waals surface area contributed by atoms with Gasteiger partial charge in [-0.25, -0.2) is 4.79 Å². The van der Waals surface area contributed by atoms with E-state index in [1.807, 2.05) is 37.3 Å². The molecule has 0 heterocycles. The van der Waals surface area contributed by atoms with E-state index in [4.69, 9.17) is 9.47 Å². The molecule has 0 aliphatic carbocycles. The highest BCUT2D eigenvalue weighted by Gasteiger charge is 2.37. The first-order chi connectivity index (χ1) is 19.0. The number of carbonyl (C=O) groups excluding carboxylic acids is 4. The lowest BCUT2D eigenvalue weighted by Gasteiger charge is -2.34. The Labute approximate surface area is 236 Å². The van der Waals surface area contributed by atoms with Gasteiger partial charge in [0.05, 0.1) is 13.0 Å². The van der Waals surface area contributed by atoms with Crippen molar-refractivity contribution in [1.29, 1.82) is 0 Å². The van der Waals surface area contributed by atoms with Crippen LogP contribution in [-0.2, 0) is 30.3 Å². The average molecular weight is 556 g/mol. The molecule has 0 fully saturated rings. The van der Waals surface area contributed by atoms with Crippen LogP contribution in [0.5, 0.6) is 5.75 Å². The molecule has 0 saturated heterocycles. The Bertz CT molecular complexity index is 1130. The van der Waals surface area contributed by atoms with Gasteiger partial charge in [0, 0.05) is 25.1 Å². The third-order valence-corrected chi connectivity index (χ3v) is 5.74. The normalized spacial score (nSPS) is 12.5. The zero-order valence-corrected chi connectivity index (χ0v) is 23.9. The molecule has 2 rings (SSSR count). The van der Waals surface area contributed by atoms with Gasteiger partial charge in [0.25, 0.3) is 0 Å². The lowest BCUT2D eigenvalue weighted by Crippen LogP contribution is -2.54. The smallest absolute Gasteiger partial charge is 0.408 e. The summed E-state index contributed by atoms with van der Waals surface area (Å²) in [7, 11) is 0. The number of benzene rings is 2. The molecule has 2 atom stereocenters. The van der Waals surface area contributed by atoms with Crippen LogP contribution in [-0.4, -0.2) is 65.2 Å². The van der Waals surface area contributed by atoms with Gasteiger partial charge in [-0.05, 0) is 45.7 Å². The van der Waals surface area contributed by atoms with E-state index in [0.717, 1.165) is 5.56 Å². The monoisotopic (exact) mass is 555 g/mol. The molecule has 10 heteroatoms. The summed E-state index contributed by atoms with van der Waals surface area (Å²) in [6, 6.07) is 13.2. The van der Waals surface area contributed by atoms with Crippen LogP contribution in [0.15, 0.2) is 54.6 Å². The largest absolute Gasteiger partial charge is 0.508 e. The zero-order chi connectivity index (χ0) is 29.7. The maximum Gasteiger partial charge on any atom is 0.408 e. The number of para-hydroxylation sites is 1. The lowest BCUT2D eigenvalue weighted by molar-refractivity contribution is -0.144. The topological polar surface area (TPSA) is 134 Å². The Kier molecular flexibility index (Phi) is 12.4. The Hall–Kier alpha value is -4.08. The number of hydrogen-bond acceptors (Lipinski definition) is 7. The molecule has 0 radical (unpaired) electrons. The van der Waals surface area contributed by atoms with Crippen molar-refractivity contribution in [3.63, 3.8) is 0 Å². The number of hydrogen-bond donors (Lipinski definition) is 3. The molecule has 3 N–H and O–H groups in total. The van der Waals surface area contributed by atoms with Crippen molar-refractivity contribution in [2.24, 2.45) is 0 Å². The minimum absolute atomic E-state index is 0.0144. The predicted octanol–water partition coefficient (Wildman–Crippen LogP) is 3.88. The summed E-state index contributed by atoms with van der Waals surface area (Å²) < 4.78 is 10.3. The van der Waals surface area contributed by atoms with Crippen molar-refractivity contribution >= 4 is 23.9 Å². The van der Waals surface area contributed by atoms with Crippen molar-refractivity contribution in [2.45, 2.75) is 71.6 Å². The van der Waals surface area contributed by atoms with Gasteiger partial charge in [-0.1, -0.05) is 55.5 Å². The highest BCUT2D eigenvalue weighted by Crippen LogP contribution is 2.30. The molecule has 40 heavy (non-hydrogen) atoms. The summed E-state index contributed by atoms with van der Waals surface area (Å²) in [4.78, 5) is 53.6. The number of amides is 3. The fraction of sp³-hybridized carbons (Fsp3) is 0.467. The summed E-state index contributed by atoms with van der Waals surface area (Å²) >= 11 is 0. The minimum atomic E-state index is -1.23. The van der Waals surface area contributed by atoms with Crippen molar-refractivity contribution in [3.05, 3.63) is 65.7 Å². The lowest BCUT2D eigenvalue weighted by atomic mass is 9.99. The van der Waals surface area contributed by atoms with Crippen LogP contribution in [0.1, 0.15) is 64.6 Å². The summed E-state index contributed by atoms with van der Waals surface area (Å²) in [6.07, 6.45) is -0.171. The minimum Gasteiger partial charge on any atom is -0.508 e. The molecule has 0 spiro atoms. The molecule has 218 valence electrons. The number of carbonyl (C=O) groups is 4. The van der Waals surface area contributed by atoms with E-state index in [-0.39, 0.29) is 43.9 Å². The van der Waals surface area contributed by atoms with Gasteiger partial charge in [0.2, 0.25) is 11.8 Å². The van der Waals surface area contributed by atoms with E-state index in [1.54, 1.807) is 45.9 Å². The van der Waals surface area contributed by atoms with Gasteiger partial charge < -0.3 is 30.1 Å². The summed E-state index contributed by atoms with van der Waals surface area (Å²) in [5.41, 5.74) is 0.227. The number of esters is 1. The molecule has 0 bridgehead atoms. The number of nitrogens with one attached hydrogen (secondary N) is 2. The van der Waals surface area contributed by atoms with E-state index >= 15 is 0 Å². The second-order valence-electron chi connectivity index (χ2n) is 10.2. The molecule has 2 aromatic rings. The van der Waals surface area contributed by atoms with Crippen LogP contribution in [0.25, 0.3) is 0 Å². The third kappa shape index (κ3) is 10.2. The molecule has 0 aliphatic heterocycles. The predicted molar refractivity (Wildman–Crippen MR) is 150 cm³/mol. The number of alkyl carbamates (subject to hydrolysis) is 1. The Morgan fingerprint density at radius 3 is 2.23 bits per heavy atom. The molecule has 10 nitrogen and oxygen atoms in total. The van der Waals surface area contributed by atoms with Crippen molar-refractivity contribution in [3.8, 4) is 5.75 Å². The maximum atomic E-state index is 14.2. The Balaban J connectivity index is 2.45. The highest BCUT2D eigenvalue weighted by atomic mass is 16.6. The second-order valence-corrected chi connectivity index (χ2v) is 10.2. The van der Waals surface area contributed by atoms with Crippen molar-refractivity contribution < 1.29 is 33.8 Å². The highest BCUT2D eigenvalue weighted by molar-refractivity contribution is 5.92. The van der Waals surface area contributed by atoms with Crippen LogP contribution in [0.3, 0.4) is 0 Å². The molecule has 2 unspecified atom stereocenters. The molecule has 0 aromatic heterocycles. The summed E-state index contributed by atoms with van der Waals surface area (Å²) in [6.45, 7) is 9.07. The standard InChI is InChI=1S/C30H41N3O7/c1-6-19-33(26(22-15-11-12-16-24(22)34)27(36)31-18-17-25(35)39-7-2)28(37)23(20-21-13-9-8-10-14-21)32-29(38)40-30(3,4)5/h8-16,23,26,34H,6-7,17-20H2,1-5H3,(H,31,36)(H,32,38). The molecule has 2 aromatic carbocycles. The molecular formula is C30H41N3O7. The third-order valence-electron chi connectivity index (χ3n) is 5.74. The van der Waals surface area contributed by atoms with E-state index < -0.39 is 41.6 Å². The van der Waals surface area contributed by atoms with Crippen LogP contribution >= 0.6 is 0 Å². The fourth-order valence-electron chi connectivity index (χ4n) is 4.09. The van der Waals surface area contributed by atoms with Crippen LogP contribution in [0.2, 0.25) is 0 Å². The first kappa shape index (κ1) is 32.1. The van der Waals surface area contributed by atoms with Gasteiger partial charge >= 0.3 is 12.1 Å². The SMILES string of the molecule is CCCN(C(=O)C(Cc1ccccc1)NC(=O)OC(C)(C)C)C(C(=O)NCCC(=O)OCC)c1ccccc1O. The van der Waals surface area contributed by atoms with Crippen LogP contribution in [0.4, 0.5) is 4.79 Å². The van der Waals surface area contributed by atoms with Gasteiger partial charge in [0.15, 0.2) is 0 Å². The molecular weight excluding hydrogens is 514 g/mol. The second kappa shape index (κ2) is 15.5. The first-order valence-electron chi connectivity index (χ1n) is 13.5. The van der Waals surface area contributed by atoms with E-state index in [2.05, 4.69) is 10.6 Å². The van der Waals surface area contributed by atoms with Gasteiger partial charge in [0.1, 0.15) is 23.4 Å². The van der Waals surface area contributed by atoms with Gasteiger partial charge in [-0.15, -0.1) is 0 Å².